The molecule has 28 heavy (non-hydrogen) atoms. The van der Waals surface area contributed by atoms with E-state index in [1.807, 2.05) is 31.2 Å². The van der Waals surface area contributed by atoms with E-state index in [2.05, 4.69) is 5.32 Å². The summed E-state index contributed by atoms with van der Waals surface area (Å²) < 4.78 is 11.4. The second-order valence-corrected chi connectivity index (χ2v) is 7.11. The third-order valence-corrected chi connectivity index (χ3v) is 4.48. The van der Waals surface area contributed by atoms with Gasteiger partial charge in [0.1, 0.15) is 17.2 Å². The van der Waals surface area contributed by atoms with Gasteiger partial charge in [-0.15, -0.1) is 0 Å². The quantitative estimate of drug-likeness (QED) is 0.499. The Morgan fingerprint density at radius 2 is 1.54 bits per heavy atom. The highest BCUT2D eigenvalue weighted by Gasteiger charge is 2.16. The Hall–Kier alpha value is -2.69. The largest absolute Gasteiger partial charge is 0.479 e. The molecule has 0 fully saturated rings. The van der Waals surface area contributed by atoms with E-state index in [4.69, 9.17) is 32.7 Å². The van der Waals surface area contributed by atoms with Crippen molar-refractivity contribution in [3.8, 4) is 17.2 Å². The highest BCUT2D eigenvalue weighted by Crippen LogP contribution is 2.28. The van der Waals surface area contributed by atoms with Crippen LogP contribution in [-0.4, -0.2) is 12.0 Å². The van der Waals surface area contributed by atoms with Crippen LogP contribution in [0.1, 0.15) is 12.5 Å². The van der Waals surface area contributed by atoms with Gasteiger partial charge in [0.2, 0.25) is 0 Å². The molecule has 0 aliphatic carbocycles. The molecule has 3 aromatic rings. The van der Waals surface area contributed by atoms with Crippen LogP contribution in [0.2, 0.25) is 10.0 Å². The number of benzene rings is 3. The number of rotatable bonds is 6. The molecule has 1 amide bonds. The normalized spacial score (nSPS) is 11.6. The van der Waals surface area contributed by atoms with Crippen molar-refractivity contribution in [3.63, 3.8) is 0 Å². The van der Waals surface area contributed by atoms with Crippen LogP contribution in [0, 0.1) is 6.92 Å². The fourth-order valence-corrected chi connectivity index (χ4v) is 2.86. The first-order valence-electron chi connectivity index (χ1n) is 8.68. The van der Waals surface area contributed by atoms with Crippen molar-refractivity contribution >= 4 is 34.8 Å². The van der Waals surface area contributed by atoms with Gasteiger partial charge in [0.25, 0.3) is 5.91 Å². The summed E-state index contributed by atoms with van der Waals surface area (Å²) in [6, 6.07) is 19.7. The fraction of sp³-hybridized carbons (Fsp3) is 0.136. The third kappa shape index (κ3) is 5.41. The van der Waals surface area contributed by atoms with Gasteiger partial charge in [-0.2, -0.15) is 0 Å². The smallest absolute Gasteiger partial charge is 0.265 e. The lowest BCUT2D eigenvalue weighted by Crippen LogP contribution is -2.30. The number of hydrogen-bond acceptors (Lipinski definition) is 3. The van der Waals surface area contributed by atoms with Crippen LogP contribution in [0.4, 0.5) is 5.69 Å². The Bertz CT molecular complexity index is 957. The summed E-state index contributed by atoms with van der Waals surface area (Å²) in [6.07, 6.45) is -0.734. The van der Waals surface area contributed by atoms with Crippen molar-refractivity contribution in [1.29, 1.82) is 0 Å². The molecule has 0 heterocycles. The van der Waals surface area contributed by atoms with Crippen molar-refractivity contribution in [1.82, 2.24) is 0 Å². The van der Waals surface area contributed by atoms with E-state index < -0.39 is 6.10 Å². The van der Waals surface area contributed by atoms with Crippen molar-refractivity contribution in [2.45, 2.75) is 20.0 Å². The molecule has 1 N–H and O–H groups in total. The maximum atomic E-state index is 12.4. The molecule has 3 aromatic carbocycles. The van der Waals surface area contributed by atoms with Crippen LogP contribution in [-0.2, 0) is 4.79 Å². The topological polar surface area (TPSA) is 47.6 Å². The number of ether oxygens (including phenoxy) is 2. The second kappa shape index (κ2) is 9.00. The lowest BCUT2D eigenvalue weighted by atomic mass is 10.2. The van der Waals surface area contributed by atoms with Gasteiger partial charge in [0.05, 0.1) is 5.02 Å². The number of amides is 1. The number of hydrogen-bond donors (Lipinski definition) is 1. The molecule has 0 radical (unpaired) electrons. The molecular formula is C22H19Cl2NO3. The van der Waals surface area contributed by atoms with Crippen LogP contribution in [0.15, 0.2) is 66.7 Å². The molecule has 144 valence electrons. The number of aryl methyl sites for hydroxylation is 1. The molecule has 0 saturated carbocycles. The van der Waals surface area contributed by atoms with E-state index in [0.29, 0.717) is 27.2 Å². The first kappa shape index (κ1) is 20.1. The lowest BCUT2D eigenvalue weighted by Gasteiger charge is -2.16. The van der Waals surface area contributed by atoms with Crippen LogP contribution >= 0.6 is 23.2 Å². The first-order valence-corrected chi connectivity index (χ1v) is 9.43. The van der Waals surface area contributed by atoms with E-state index in [9.17, 15) is 4.79 Å². The standard InChI is InChI=1S/C22H19Cl2NO3/c1-14-3-8-18(9-4-14)28-19-10-6-17(7-11-19)25-22(26)15(2)27-21-12-5-16(23)13-20(21)24/h3-13,15H,1-2H3,(H,25,26)/t15-/m1/s1. The van der Waals surface area contributed by atoms with Gasteiger partial charge < -0.3 is 14.8 Å². The van der Waals surface area contributed by atoms with E-state index in [-0.39, 0.29) is 5.91 Å². The summed E-state index contributed by atoms with van der Waals surface area (Å²) in [4.78, 5) is 12.4. The Morgan fingerprint density at radius 3 is 2.14 bits per heavy atom. The predicted octanol–water partition coefficient (Wildman–Crippen LogP) is 6.50. The number of halogens is 2. The number of carbonyl (C=O) groups excluding carboxylic acids is 1. The molecule has 0 saturated heterocycles. The average Bonchev–Trinajstić information content (AvgIpc) is 2.67. The van der Waals surface area contributed by atoms with Gasteiger partial charge in [-0.3, -0.25) is 4.79 Å². The fourth-order valence-electron chi connectivity index (χ4n) is 2.41. The Kier molecular flexibility index (Phi) is 6.45. The predicted molar refractivity (Wildman–Crippen MR) is 113 cm³/mol. The molecule has 0 spiro atoms. The SMILES string of the molecule is Cc1ccc(Oc2ccc(NC(=O)[C@@H](C)Oc3ccc(Cl)cc3Cl)cc2)cc1. The average molecular weight is 416 g/mol. The van der Waals surface area contributed by atoms with Gasteiger partial charge in [-0.05, 0) is 68.4 Å². The summed E-state index contributed by atoms with van der Waals surface area (Å²) >= 11 is 11.9. The summed E-state index contributed by atoms with van der Waals surface area (Å²) in [6.45, 7) is 3.67. The lowest BCUT2D eigenvalue weighted by molar-refractivity contribution is -0.122. The highest BCUT2D eigenvalue weighted by molar-refractivity contribution is 6.35. The van der Waals surface area contributed by atoms with E-state index in [0.717, 1.165) is 5.75 Å². The molecule has 3 rings (SSSR count). The number of carbonyl (C=O) groups is 1. The van der Waals surface area contributed by atoms with Crippen LogP contribution in [0.5, 0.6) is 17.2 Å². The van der Waals surface area contributed by atoms with Crippen LogP contribution in [0.3, 0.4) is 0 Å². The van der Waals surface area contributed by atoms with Crippen LogP contribution in [0.25, 0.3) is 0 Å². The minimum atomic E-state index is -0.734. The minimum Gasteiger partial charge on any atom is -0.479 e. The van der Waals surface area contributed by atoms with E-state index in [1.165, 1.54) is 5.56 Å². The van der Waals surface area contributed by atoms with Gasteiger partial charge in [0.15, 0.2) is 6.10 Å². The summed E-state index contributed by atoms with van der Waals surface area (Å²) in [5, 5.41) is 3.66. The van der Waals surface area contributed by atoms with Gasteiger partial charge in [-0.25, -0.2) is 0 Å². The highest BCUT2D eigenvalue weighted by atomic mass is 35.5. The number of nitrogens with one attached hydrogen (secondary N) is 1. The summed E-state index contributed by atoms with van der Waals surface area (Å²) in [5.41, 5.74) is 1.81. The maximum Gasteiger partial charge on any atom is 0.265 e. The second-order valence-electron chi connectivity index (χ2n) is 6.26. The summed E-state index contributed by atoms with van der Waals surface area (Å²) in [7, 11) is 0. The Morgan fingerprint density at radius 1 is 0.929 bits per heavy atom. The molecule has 1 atom stereocenters. The van der Waals surface area contributed by atoms with Gasteiger partial charge in [-0.1, -0.05) is 40.9 Å². The van der Waals surface area contributed by atoms with Crippen molar-refractivity contribution in [2.75, 3.05) is 5.32 Å². The van der Waals surface area contributed by atoms with E-state index in [1.54, 1.807) is 49.4 Å². The Balaban J connectivity index is 1.58. The molecular weight excluding hydrogens is 397 g/mol. The van der Waals surface area contributed by atoms with Crippen molar-refractivity contribution in [3.05, 3.63) is 82.3 Å². The number of anilines is 1. The zero-order chi connectivity index (χ0) is 20.1. The van der Waals surface area contributed by atoms with Crippen molar-refractivity contribution < 1.29 is 14.3 Å². The zero-order valence-corrected chi connectivity index (χ0v) is 16.9. The van der Waals surface area contributed by atoms with Crippen LogP contribution < -0.4 is 14.8 Å². The molecule has 4 nitrogen and oxygen atoms in total. The first-order chi connectivity index (χ1) is 13.4. The summed E-state index contributed by atoms with van der Waals surface area (Å²) in [5.74, 6) is 1.54. The molecule has 6 heteroatoms. The minimum absolute atomic E-state index is 0.293. The monoisotopic (exact) mass is 415 g/mol. The van der Waals surface area contributed by atoms with Gasteiger partial charge >= 0.3 is 0 Å². The molecule has 0 aliphatic heterocycles. The van der Waals surface area contributed by atoms with Crippen molar-refractivity contribution in [2.24, 2.45) is 0 Å². The van der Waals surface area contributed by atoms with Gasteiger partial charge in [0, 0.05) is 10.7 Å². The molecule has 0 aromatic heterocycles. The van der Waals surface area contributed by atoms with E-state index >= 15 is 0 Å². The Labute approximate surface area is 174 Å². The third-order valence-electron chi connectivity index (χ3n) is 3.95. The molecule has 0 bridgehead atoms. The zero-order valence-electron chi connectivity index (χ0n) is 15.4. The maximum absolute atomic E-state index is 12.4. The molecule has 0 aliphatic rings. The molecule has 0 unspecified atom stereocenters.